The second-order valence-electron chi connectivity index (χ2n) is 3.93. The number of ether oxygens (including phenoxy) is 1. The number of benzene rings is 1. The summed E-state index contributed by atoms with van der Waals surface area (Å²) in [4.78, 5) is 7.85. The van der Waals surface area contributed by atoms with E-state index < -0.39 is 0 Å². The Hall–Kier alpha value is -1.61. The third kappa shape index (κ3) is 2.56. The summed E-state index contributed by atoms with van der Waals surface area (Å²) in [5.74, 6) is 1.29. The van der Waals surface area contributed by atoms with Gasteiger partial charge in [-0.1, -0.05) is 23.7 Å². The summed E-state index contributed by atoms with van der Waals surface area (Å²) in [6.07, 6.45) is 1.39. The Bertz CT molecular complexity index is 555. The third-order valence-electron chi connectivity index (χ3n) is 2.69. The molecule has 3 nitrogen and oxygen atoms in total. The van der Waals surface area contributed by atoms with Gasteiger partial charge < -0.3 is 4.74 Å². The number of nitrogens with zero attached hydrogens (tertiary/aromatic N) is 2. The molecule has 0 saturated carbocycles. The molecule has 2 rings (SSSR count). The molecule has 1 heterocycles. The summed E-state index contributed by atoms with van der Waals surface area (Å²) in [5.41, 5.74) is 3.37. The van der Waals surface area contributed by atoms with Gasteiger partial charge in [-0.15, -0.1) is 0 Å². The predicted molar refractivity (Wildman–Crippen MR) is 67.8 cm³/mol. The Labute approximate surface area is 105 Å². The summed E-state index contributed by atoms with van der Waals surface area (Å²) in [7, 11) is 0. The van der Waals surface area contributed by atoms with Crippen LogP contribution in [0.4, 0.5) is 0 Å². The van der Waals surface area contributed by atoms with Gasteiger partial charge in [0.15, 0.2) is 0 Å². The van der Waals surface area contributed by atoms with Gasteiger partial charge in [0.2, 0.25) is 5.88 Å². The number of aryl methyl sites for hydroxylation is 2. The summed E-state index contributed by atoms with van der Waals surface area (Å²) < 4.78 is 5.77. The van der Waals surface area contributed by atoms with Crippen molar-refractivity contribution in [3.05, 3.63) is 46.4 Å². The monoisotopic (exact) mass is 248 g/mol. The first-order valence-corrected chi connectivity index (χ1v) is 5.68. The predicted octanol–water partition coefficient (Wildman–Crippen LogP) is 3.85. The van der Waals surface area contributed by atoms with E-state index in [1.165, 1.54) is 11.9 Å². The average Bonchev–Trinajstić information content (AvgIpc) is 2.30. The van der Waals surface area contributed by atoms with E-state index in [0.29, 0.717) is 11.0 Å². The molecule has 0 amide bonds. The molecule has 2 aromatic rings. The van der Waals surface area contributed by atoms with Crippen LogP contribution in [-0.2, 0) is 0 Å². The lowest BCUT2D eigenvalue weighted by Crippen LogP contribution is -1.95. The van der Waals surface area contributed by atoms with E-state index in [9.17, 15) is 0 Å². The van der Waals surface area contributed by atoms with Crippen LogP contribution < -0.4 is 4.74 Å². The largest absolute Gasteiger partial charge is 0.438 e. The van der Waals surface area contributed by atoms with Crippen molar-refractivity contribution in [3.63, 3.8) is 0 Å². The lowest BCUT2D eigenvalue weighted by molar-refractivity contribution is 0.454. The first kappa shape index (κ1) is 11.9. The first-order valence-electron chi connectivity index (χ1n) is 5.30. The van der Waals surface area contributed by atoms with E-state index in [1.807, 2.05) is 19.9 Å². The van der Waals surface area contributed by atoms with Crippen molar-refractivity contribution in [1.82, 2.24) is 9.97 Å². The Morgan fingerprint density at radius 2 is 1.76 bits per heavy atom. The highest BCUT2D eigenvalue weighted by molar-refractivity contribution is 6.29. The number of hydrogen-bond acceptors (Lipinski definition) is 3. The van der Waals surface area contributed by atoms with E-state index in [4.69, 9.17) is 16.3 Å². The fourth-order valence-corrected chi connectivity index (χ4v) is 1.70. The van der Waals surface area contributed by atoms with Crippen LogP contribution in [0.3, 0.4) is 0 Å². The highest BCUT2D eigenvalue weighted by Gasteiger charge is 2.08. The Kier molecular flexibility index (Phi) is 3.29. The van der Waals surface area contributed by atoms with Crippen LogP contribution in [0.5, 0.6) is 11.6 Å². The van der Waals surface area contributed by atoms with E-state index >= 15 is 0 Å². The quantitative estimate of drug-likeness (QED) is 0.758. The van der Waals surface area contributed by atoms with Gasteiger partial charge in [0.05, 0.1) is 0 Å². The summed E-state index contributed by atoms with van der Waals surface area (Å²) in [5, 5.41) is 0.373. The van der Waals surface area contributed by atoms with Gasteiger partial charge in [0.1, 0.15) is 17.2 Å². The normalized spacial score (nSPS) is 10.4. The molecule has 0 fully saturated rings. The van der Waals surface area contributed by atoms with Crippen LogP contribution in [0.15, 0.2) is 24.5 Å². The molecule has 1 aromatic heterocycles. The van der Waals surface area contributed by atoms with Crippen molar-refractivity contribution in [2.75, 3.05) is 0 Å². The van der Waals surface area contributed by atoms with Crippen LogP contribution in [0.1, 0.15) is 16.7 Å². The lowest BCUT2D eigenvalue weighted by Gasteiger charge is -2.12. The molecule has 1 aromatic carbocycles. The van der Waals surface area contributed by atoms with Gasteiger partial charge in [0.25, 0.3) is 0 Å². The SMILES string of the molecule is Cc1ccc(C)c(Oc2cc(Cl)ncn2)c1C. The second kappa shape index (κ2) is 4.72. The van der Waals surface area contributed by atoms with Crippen LogP contribution in [-0.4, -0.2) is 9.97 Å². The number of halogens is 1. The maximum absolute atomic E-state index is 5.79. The van der Waals surface area contributed by atoms with Crippen LogP contribution in [0, 0.1) is 20.8 Å². The topological polar surface area (TPSA) is 35.0 Å². The summed E-state index contributed by atoms with van der Waals surface area (Å²) in [6.45, 7) is 6.08. The van der Waals surface area contributed by atoms with Crippen LogP contribution in [0.2, 0.25) is 5.15 Å². The molecule has 0 atom stereocenters. The zero-order chi connectivity index (χ0) is 12.4. The molecule has 0 saturated heterocycles. The molecule has 88 valence electrons. The number of aromatic nitrogens is 2. The molecule has 0 aliphatic heterocycles. The van der Waals surface area contributed by atoms with Crippen molar-refractivity contribution in [1.29, 1.82) is 0 Å². The van der Waals surface area contributed by atoms with Crippen molar-refractivity contribution >= 4 is 11.6 Å². The molecular formula is C13H13ClN2O. The minimum atomic E-state index is 0.373. The minimum absolute atomic E-state index is 0.373. The van der Waals surface area contributed by atoms with Gasteiger partial charge in [-0.2, -0.15) is 0 Å². The second-order valence-corrected chi connectivity index (χ2v) is 4.32. The molecule has 17 heavy (non-hydrogen) atoms. The molecule has 0 bridgehead atoms. The summed E-state index contributed by atoms with van der Waals surface area (Å²) in [6, 6.07) is 5.70. The smallest absolute Gasteiger partial charge is 0.223 e. The Morgan fingerprint density at radius 1 is 1.06 bits per heavy atom. The van der Waals surface area contributed by atoms with Crippen molar-refractivity contribution < 1.29 is 4.74 Å². The zero-order valence-electron chi connectivity index (χ0n) is 9.99. The molecule has 0 aliphatic rings. The van der Waals surface area contributed by atoms with E-state index in [2.05, 4.69) is 23.0 Å². The Morgan fingerprint density at radius 3 is 2.47 bits per heavy atom. The van der Waals surface area contributed by atoms with Crippen LogP contribution >= 0.6 is 11.6 Å². The van der Waals surface area contributed by atoms with E-state index in [1.54, 1.807) is 6.07 Å². The molecule has 0 unspecified atom stereocenters. The molecule has 0 spiro atoms. The molecular weight excluding hydrogens is 236 g/mol. The molecule has 0 aliphatic carbocycles. The average molecular weight is 249 g/mol. The number of rotatable bonds is 2. The van der Waals surface area contributed by atoms with Gasteiger partial charge in [0, 0.05) is 6.07 Å². The van der Waals surface area contributed by atoms with Crippen molar-refractivity contribution in [2.24, 2.45) is 0 Å². The standard InChI is InChI=1S/C13H13ClN2O/c1-8-4-5-9(2)13(10(8)3)17-12-6-11(14)15-7-16-12/h4-7H,1-3H3. The summed E-state index contributed by atoms with van der Waals surface area (Å²) >= 11 is 5.79. The van der Waals surface area contributed by atoms with Gasteiger partial charge in [-0.3, -0.25) is 0 Å². The van der Waals surface area contributed by atoms with Crippen molar-refractivity contribution in [2.45, 2.75) is 20.8 Å². The van der Waals surface area contributed by atoms with Gasteiger partial charge >= 0.3 is 0 Å². The van der Waals surface area contributed by atoms with Crippen LogP contribution in [0.25, 0.3) is 0 Å². The maximum Gasteiger partial charge on any atom is 0.223 e. The maximum atomic E-state index is 5.79. The fraction of sp³-hybridized carbons (Fsp3) is 0.231. The molecule has 4 heteroatoms. The lowest BCUT2D eigenvalue weighted by atomic mass is 10.1. The van der Waals surface area contributed by atoms with E-state index in [-0.39, 0.29) is 0 Å². The van der Waals surface area contributed by atoms with Gasteiger partial charge in [-0.25, -0.2) is 9.97 Å². The number of hydrogen-bond donors (Lipinski definition) is 0. The zero-order valence-corrected chi connectivity index (χ0v) is 10.7. The highest BCUT2D eigenvalue weighted by Crippen LogP contribution is 2.29. The van der Waals surface area contributed by atoms with E-state index in [0.717, 1.165) is 16.9 Å². The Balaban J connectivity index is 2.39. The molecule has 0 radical (unpaired) electrons. The fourth-order valence-electron chi connectivity index (χ4n) is 1.56. The van der Waals surface area contributed by atoms with Gasteiger partial charge in [-0.05, 0) is 37.5 Å². The first-order chi connectivity index (χ1) is 8.08. The highest BCUT2D eigenvalue weighted by atomic mass is 35.5. The third-order valence-corrected chi connectivity index (χ3v) is 2.90. The molecule has 0 N–H and O–H groups in total. The van der Waals surface area contributed by atoms with Crippen molar-refractivity contribution in [3.8, 4) is 11.6 Å². The minimum Gasteiger partial charge on any atom is -0.438 e.